The highest BCUT2D eigenvalue weighted by Crippen LogP contribution is 2.27. The van der Waals surface area contributed by atoms with Gasteiger partial charge in [0.25, 0.3) is 11.8 Å². The number of hydrogen-bond acceptors (Lipinski definition) is 5. The molecule has 7 nitrogen and oxygen atoms in total. The van der Waals surface area contributed by atoms with Crippen LogP contribution in [0.25, 0.3) is 11.6 Å². The standard InChI is InChI=1S/C17H15F2N5O2/c18-12-6-13(20-8-12)16-22-15(23-26-16)11-2-1-5-24(9-11)17(25)10-3-4-14(19)21-7-10/h3-4,6-8,11,20H,1-2,5,9H2. The molecule has 4 heterocycles. The monoisotopic (exact) mass is 359 g/mol. The summed E-state index contributed by atoms with van der Waals surface area (Å²) in [6, 6.07) is 3.85. The lowest BCUT2D eigenvalue weighted by atomic mass is 9.97. The van der Waals surface area contributed by atoms with Gasteiger partial charge in [-0.1, -0.05) is 5.16 Å². The van der Waals surface area contributed by atoms with Crippen LogP contribution in [0.3, 0.4) is 0 Å². The number of aromatic amines is 1. The van der Waals surface area contributed by atoms with Crippen molar-refractivity contribution in [1.82, 2.24) is 25.0 Å². The van der Waals surface area contributed by atoms with Gasteiger partial charge >= 0.3 is 0 Å². The molecule has 0 spiro atoms. The second-order valence-corrected chi connectivity index (χ2v) is 6.15. The van der Waals surface area contributed by atoms with E-state index in [9.17, 15) is 13.6 Å². The van der Waals surface area contributed by atoms with E-state index in [1.807, 2.05) is 0 Å². The molecule has 0 bridgehead atoms. The Morgan fingerprint density at radius 3 is 2.96 bits per heavy atom. The first-order valence-corrected chi connectivity index (χ1v) is 8.19. The number of carbonyl (C=O) groups is 1. The van der Waals surface area contributed by atoms with E-state index in [1.54, 1.807) is 4.90 Å². The highest BCUT2D eigenvalue weighted by Gasteiger charge is 2.29. The lowest BCUT2D eigenvalue weighted by molar-refractivity contribution is 0.0703. The summed E-state index contributed by atoms with van der Waals surface area (Å²) in [5.41, 5.74) is 0.741. The molecule has 4 rings (SSSR count). The summed E-state index contributed by atoms with van der Waals surface area (Å²) in [6.07, 6.45) is 4.03. The Hall–Kier alpha value is -3.10. The Morgan fingerprint density at radius 2 is 2.23 bits per heavy atom. The number of nitrogens with zero attached hydrogens (tertiary/aromatic N) is 4. The number of rotatable bonds is 3. The molecule has 1 fully saturated rings. The van der Waals surface area contributed by atoms with Gasteiger partial charge in [-0.05, 0) is 25.0 Å². The van der Waals surface area contributed by atoms with E-state index < -0.39 is 11.8 Å². The zero-order valence-corrected chi connectivity index (χ0v) is 13.7. The molecule has 3 aromatic rings. The largest absolute Gasteiger partial charge is 0.355 e. The van der Waals surface area contributed by atoms with Gasteiger partial charge in [-0.2, -0.15) is 9.37 Å². The van der Waals surface area contributed by atoms with Crippen molar-refractivity contribution in [2.24, 2.45) is 0 Å². The number of hydrogen-bond donors (Lipinski definition) is 1. The molecule has 9 heteroatoms. The third kappa shape index (κ3) is 3.19. The minimum Gasteiger partial charge on any atom is -0.355 e. The first-order chi connectivity index (χ1) is 12.6. The normalized spacial score (nSPS) is 17.5. The van der Waals surface area contributed by atoms with Crippen molar-refractivity contribution in [2.45, 2.75) is 18.8 Å². The van der Waals surface area contributed by atoms with E-state index >= 15 is 0 Å². The highest BCUT2D eigenvalue weighted by molar-refractivity contribution is 5.94. The predicted molar refractivity (Wildman–Crippen MR) is 86.1 cm³/mol. The molecular weight excluding hydrogens is 344 g/mol. The van der Waals surface area contributed by atoms with E-state index in [0.29, 0.717) is 30.2 Å². The average molecular weight is 359 g/mol. The van der Waals surface area contributed by atoms with E-state index in [0.717, 1.165) is 18.9 Å². The number of carbonyl (C=O) groups excluding carboxylic acids is 1. The summed E-state index contributed by atoms with van der Waals surface area (Å²) in [7, 11) is 0. The van der Waals surface area contributed by atoms with E-state index in [2.05, 4.69) is 20.1 Å². The molecule has 1 aliphatic rings. The second-order valence-electron chi connectivity index (χ2n) is 6.15. The summed E-state index contributed by atoms with van der Waals surface area (Å²) in [5, 5.41) is 3.98. The van der Waals surface area contributed by atoms with Crippen molar-refractivity contribution in [1.29, 1.82) is 0 Å². The van der Waals surface area contributed by atoms with E-state index in [1.165, 1.54) is 24.5 Å². The molecule has 3 aromatic heterocycles. The van der Waals surface area contributed by atoms with Crippen LogP contribution in [0.1, 0.15) is 34.9 Å². The van der Waals surface area contributed by atoms with Crippen molar-refractivity contribution in [3.05, 3.63) is 53.7 Å². The van der Waals surface area contributed by atoms with Crippen LogP contribution >= 0.6 is 0 Å². The van der Waals surface area contributed by atoms with Crippen LogP contribution < -0.4 is 0 Å². The lowest BCUT2D eigenvalue weighted by Crippen LogP contribution is -2.39. The maximum absolute atomic E-state index is 13.1. The van der Waals surface area contributed by atoms with Gasteiger partial charge in [-0.25, -0.2) is 9.37 Å². The topological polar surface area (TPSA) is 87.9 Å². The minimum absolute atomic E-state index is 0.0848. The Bertz CT molecular complexity index is 921. The molecule has 0 radical (unpaired) electrons. The van der Waals surface area contributed by atoms with Crippen LogP contribution in [-0.2, 0) is 0 Å². The SMILES string of the molecule is O=C(c1ccc(F)nc1)N1CCCC(c2noc(-c3cc(F)c[nH]3)n2)C1. The van der Waals surface area contributed by atoms with Gasteiger partial charge in [-0.3, -0.25) is 4.79 Å². The van der Waals surface area contributed by atoms with Gasteiger partial charge in [0, 0.05) is 37.5 Å². The quantitative estimate of drug-likeness (QED) is 0.727. The third-order valence-electron chi connectivity index (χ3n) is 4.37. The fourth-order valence-corrected chi connectivity index (χ4v) is 3.06. The first kappa shape index (κ1) is 16.4. The third-order valence-corrected chi connectivity index (χ3v) is 4.37. The van der Waals surface area contributed by atoms with Crippen LogP contribution in [-0.4, -0.2) is 44.0 Å². The number of H-pyrrole nitrogens is 1. The fraction of sp³-hybridized carbons (Fsp3) is 0.294. The first-order valence-electron chi connectivity index (χ1n) is 8.19. The van der Waals surface area contributed by atoms with Gasteiger partial charge in [0.15, 0.2) is 5.82 Å². The fourth-order valence-electron chi connectivity index (χ4n) is 3.06. The second kappa shape index (κ2) is 6.66. The van der Waals surface area contributed by atoms with Crippen LogP contribution in [0, 0.1) is 11.8 Å². The van der Waals surface area contributed by atoms with Gasteiger partial charge in [0.05, 0.1) is 5.56 Å². The molecule has 1 amide bonds. The number of amides is 1. The molecule has 134 valence electrons. The molecule has 0 saturated carbocycles. The Kier molecular flexibility index (Phi) is 4.19. The summed E-state index contributed by atoms with van der Waals surface area (Å²) in [4.78, 5) is 24.8. The molecule has 26 heavy (non-hydrogen) atoms. The van der Waals surface area contributed by atoms with E-state index in [-0.39, 0.29) is 17.7 Å². The summed E-state index contributed by atoms with van der Waals surface area (Å²) in [6.45, 7) is 1.02. The molecule has 1 N–H and O–H groups in total. The zero-order valence-electron chi connectivity index (χ0n) is 13.7. The average Bonchev–Trinajstić information content (AvgIpc) is 3.31. The predicted octanol–water partition coefficient (Wildman–Crippen LogP) is 2.76. The van der Waals surface area contributed by atoms with Crippen molar-refractivity contribution in [3.8, 4) is 11.6 Å². The lowest BCUT2D eigenvalue weighted by Gasteiger charge is -2.31. The Labute approximate surface area is 147 Å². The number of piperidine rings is 1. The van der Waals surface area contributed by atoms with Gasteiger partial charge < -0.3 is 14.4 Å². The Balaban J connectivity index is 1.49. The minimum atomic E-state index is -0.627. The number of likely N-dealkylation sites (tertiary alicyclic amines) is 1. The molecular formula is C17H15F2N5O2. The van der Waals surface area contributed by atoms with Crippen molar-refractivity contribution in [2.75, 3.05) is 13.1 Å². The number of pyridine rings is 1. The maximum atomic E-state index is 13.1. The molecule has 1 atom stereocenters. The van der Waals surface area contributed by atoms with Crippen LogP contribution in [0.2, 0.25) is 0 Å². The number of halogens is 2. The summed E-state index contributed by atoms with van der Waals surface area (Å²) >= 11 is 0. The van der Waals surface area contributed by atoms with Crippen molar-refractivity contribution >= 4 is 5.91 Å². The van der Waals surface area contributed by atoms with Crippen LogP contribution in [0.4, 0.5) is 8.78 Å². The smallest absolute Gasteiger partial charge is 0.274 e. The van der Waals surface area contributed by atoms with E-state index in [4.69, 9.17) is 4.52 Å². The number of nitrogens with one attached hydrogen (secondary N) is 1. The van der Waals surface area contributed by atoms with Gasteiger partial charge in [0.1, 0.15) is 11.5 Å². The molecule has 1 aliphatic heterocycles. The zero-order chi connectivity index (χ0) is 18.1. The highest BCUT2D eigenvalue weighted by atomic mass is 19.1. The Morgan fingerprint density at radius 1 is 1.35 bits per heavy atom. The number of aromatic nitrogens is 4. The van der Waals surface area contributed by atoms with Gasteiger partial charge in [0.2, 0.25) is 5.95 Å². The van der Waals surface area contributed by atoms with Gasteiger partial charge in [-0.15, -0.1) is 0 Å². The summed E-state index contributed by atoms with van der Waals surface area (Å²) < 4.78 is 31.2. The summed E-state index contributed by atoms with van der Waals surface area (Å²) in [5.74, 6) is -0.657. The van der Waals surface area contributed by atoms with Crippen molar-refractivity contribution < 1.29 is 18.1 Å². The molecule has 1 saturated heterocycles. The molecule has 0 aliphatic carbocycles. The molecule has 1 unspecified atom stereocenters. The maximum Gasteiger partial charge on any atom is 0.274 e. The van der Waals surface area contributed by atoms with Crippen molar-refractivity contribution in [3.63, 3.8) is 0 Å². The van der Waals surface area contributed by atoms with Crippen LogP contribution in [0.15, 0.2) is 35.1 Å². The molecule has 0 aromatic carbocycles. The van der Waals surface area contributed by atoms with Crippen LogP contribution in [0.5, 0.6) is 0 Å².